The summed E-state index contributed by atoms with van der Waals surface area (Å²) in [5.74, 6) is 1.05. The molecule has 0 spiro atoms. The molecular weight excluding hydrogens is 210 g/mol. The highest BCUT2D eigenvalue weighted by molar-refractivity contribution is 5.97. The number of rotatable bonds is 4. The Morgan fingerprint density at radius 1 is 1.29 bits per heavy atom. The van der Waals surface area contributed by atoms with E-state index < -0.39 is 0 Å². The smallest absolute Gasteiger partial charge is 0.163 e. The summed E-state index contributed by atoms with van der Waals surface area (Å²) < 4.78 is 0. The number of Topliss-reactive ketones (excluding diaryl/α,β-unsaturated/α-hetero) is 1. The first-order chi connectivity index (χ1) is 8.27. The Morgan fingerprint density at radius 3 is 2.71 bits per heavy atom. The van der Waals surface area contributed by atoms with Gasteiger partial charge in [0, 0.05) is 12.0 Å². The van der Waals surface area contributed by atoms with Crippen LogP contribution in [0.15, 0.2) is 24.3 Å². The Balaban J connectivity index is 1.87. The average Bonchev–Trinajstić information content (AvgIpc) is 2.38. The zero-order valence-electron chi connectivity index (χ0n) is 10.5. The van der Waals surface area contributed by atoms with Crippen LogP contribution in [-0.4, -0.2) is 18.9 Å². The second-order valence-corrected chi connectivity index (χ2v) is 4.97. The lowest BCUT2D eigenvalue weighted by atomic mass is 9.90. The van der Waals surface area contributed by atoms with Crippen LogP contribution in [0, 0.1) is 12.8 Å². The van der Waals surface area contributed by atoms with Crippen molar-refractivity contribution >= 4 is 5.78 Å². The first-order valence-corrected chi connectivity index (χ1v) is 6.57. The predicted octanol–water partition coefficient (Wildman–Crippen LogP) is 2.96. The number of nitrogens with one attached hydrogen (secondary N) is 1. The van der Waals surface area contributed by atoms with E-state index in [2.05, 4.69) is 5.32 Å². The van der Waals surface area contributed by atoms with Gasteiger partial charge in [-0.05, 0) is 50.8 Å². The number of aryl methyl sites for hydroxylation is 1. The minimum Gasteiger partial charge on any atom is -0.317 e. The summed E-state index contributed by atoms with van der Waals surface area (Å²) >= 11 is 0. The van der Waals surface area contributed by atoms with Crippen molar-refractivity contribution in [3.8, 4) is 0 Å². The predicted molar refractivity (Wildman–Crippen MR) is 70.3 cm³/mol. The summed E-state index contributed by atoms with van der Waals surface area (Å²) in [7, 11) is 0. The fourth-order valence-corrected chi connectivity index (χ4v) is 2.53. The first-order valence-electron chi connectivity index (χ1n) is 6.57. The van der Waals surface area contributed by atoms with Gasteiger partial charge in [-0.2, -0.15) is 0 Å². The van der Waals surface area contributed by atoms with Crippen molar-refractivity contribution < 1.29 is 4.79 Å². The third-order valence-corrected chi connectivity index (χ3v) is 3.68. The van der Waals surface area contributed by atoms with Gasteiger partial charge in [-0.25, -0.2) is 0 Å². The van der Waals surface area contributed by atoms with Crippen LogP contribution in [0.25, 0.3) is 0 Å². The van der Waals surface area contributed by atoms with Gasteiger partial charge in [0.25, 0.3) is 0 Å². The molecular formula is C15H21NO. The maximum atomic E-state index is 12.1. The normalized spacial score (nSPS) is 17.0. The van der Waals surface area contributed by atoms with Crippen LogP contribution in [-0.2, 0) is 0 Å². The van der Waals surface area contributed by atoms with Crippen molar-refractivity contribution in [3.05, 3.63) is 35.4 Å². The van der Waals surface area contributed by atoms with Crippen molar-refractivity contribution in [1.82, 2.24) is 5.32 Å². The lowest BCUT2D eigenvalue weighted by Crippen LogP contribution is -2.28. The lowest BCUT2D eigenvalue weighted by Gasteiger charge is -2.22. The van der Waals surface area contributed by atoms with E-state index >= 15 is 0 Å². The van der Waals surface area contributed by atoms with E-state index in [0.29, 0.717) is 12.2 Å². The van der Waals surface area contributed by atoms with Crippen molar-refractivity contribution in [3.63, 3.8) is 0 Å². The Bertz CT molecular complexity index is 380. The molecule has 0 amide bonds. The summed E-state index contributed by atoms with van der Waals surface area (Å²) in [5.41, 5.74) is 2.00. The van der Waals surface area contributed by atoms with Gasteiger partial charge in [0.15, 0.2) is 5.78 Å². The van der Waals surface area contributed by atoms with E-state index in [0.717, 1.165) is 36.6 Å². The topological polar surface area (TPSA) is 29.1 Å². The quantitative estimate of drug-likeness (QED) is 0.807. The molecule has 0 aromatic heterocycles. The summed E-state index contributed by atoms with van der Waals surface area (Å²) in [4.78, 5) is 12.1. The molecule has 0 atom stereocenters. The molecule has 1 N–H and O–H groups in total. The van der Waals surface area contributed by atoms with Crippen LogP contribution in [0.1, 0.15) is 41.6 Å². The van der Waals surface area contributed by atoms with Crippen LogP contribution < -0.4 is 5.32 Å². The fraction of sp³-hybridized carbons (Fsp3) is 0.533. The largest absolute Gasteiger partial charge is 0.317 e. The molecule has 2 heteroatoms. The number of carbonyl (C=O) groups is 1. The molecule has 1 aliphatic heterocycles. The van der Waals surface area contributed by atoms with Gasteiger partial charge in [0.05, 0.1) is 0 Å². The Morgan fingerprint density at radius 2 is 2.00 bits per heavy atom. The van der Waals surface area contributed by atoms with Crippen molar-refractivity contribution in [2.24, 2.45) is 5.92 Å². The number of carbonyl (C=O) groups excluding carboxylic acids is 1. The summed E-state index contributed by atoms with van der Waals surface area (Å²) in [6.45, 7) is 4.24. The molecule has 2 rings (SSSR count). The zero-order valence-corrected chi connectivity index (χ0v) is 10.5. The van der Waals surface area contributed by atoms with Gasteiger partial charge in [-0.3, -0.25) is 4.79 Å². The standard InChI is InChI=1S/C15H21NO/c1-12-4-2-3-5-14(12)15(17)7-6-13-8-10-16-11-9-13/h2-5,13,16H,6-11H2,1H3. The second kappa shape index (κ2) is 5.97. The van der Waals surface area contributed by atoms with Gasteiger partial charge in [-0.15, -0.1) is 0 Å². The van der Waals surface area contributed by atoms with Crippen LogP contribution in [0.2, 0.25) is 0 Å². The molecule has 2 nitrogen and oxygen atoms in total. The maximum Gasteiger partial charge on any atom is 0.163 e. The van der Waals surface area contributed by atoms with Gasteiger partial charge in [-0.1, -0.05) is 24.3 Å². The van der Waals surface area contributed by atoms with Gasteiger partial charge in [0.1, 0.15) is 0 Å². The maximum absolute atomic E-state index is 12.1. The minimum absolute atomic E-state index is 0.307. The van der Waals surface area contributed by atoms with Gasteiger partial charge < -0.3 is 5.32 Å². The van der Waals surface area contributed by atoms with Gasteiger partial charge >= 0.3 is 0 Å². The first kappa shape index (κ1) is 12.3. The number of benzene rings is 1. The molecule has 1 saturated heterocycles. The summed E-state index contributed by atoms with van der Waals surface area (Å²) in [6.07, 6.45) is 4.20. The molecule has 0 bridgehead atoms. The Hall–Kier alpha value is -1.15. The number of hydrogen-bond acceptors (Lipinski definition) is 2. The summed E-state index contributed by atoms with van der Waals surface area (Å²) in [5, 5.41) is 3.36. The third kappa shape index (κ3) is 3.40. The second-order valence-electron chi connectivity index (χ2n) is 4.97. The van der Waals surface area contributed by atoms with Crippen molar-refractivity contribution in [1.29, 1.82) is 0 Å². The molecule has 1 aromatic rings. The number of hydrogen-bond donors (Lipinski definition) is 1. The molecule has 0 saturated carbocycles. The molecule has 0 aliphatic carbocycles. The highest BCUT2D eigenvalue weighted by Gasteiger charge is 2.15. The third-order valence-electron chi connectivity index (χ3n) is 3.68. The molecule has 1 aromatic carbocycles. The fourth-order valence-electron chi connectivity index (χ4n) is 2.53. The highest BCUT2D eigenvalue weighted by atomic mass is 16.1. The lowest BCUT2D eigenvalue weighted by molar-refractivity contribution is 0.0970. The monoisotopic (exact) mass is 231 g/mol. The van der Waals surface area contributed by atoms with Crippen LogP contribution in [0.4, 0.5) is 0 Å². The zero-order chi connectivity index (χ0) is 12.1. The highest BCUT2D eigenvalue weighted by Crippen LogP contribution is 2.20. The molecule has 92 valence electrons. The number of piperidine rings is 1. The molecule has 0 unspecified atom stereocenters. The Kier molecular flexibility index (Phi) is 4.32. The van der Waals surface area contributed by atoms with Crippen molar-refractivity contribution in [2.45, 2.75) is 32.6 Å². The SMILES string of the molecule is Cc1ccccc1C(=O)CCC1CCNCC1. The van der Waals surface area contributed by atoms with Crippen LogP contribution >= 0.6 is 0 Å². The Labute approximate surface area is 103 Å². The molecule has 1 fully saturated rings. The average molecular weight is 231 g/mol. The van der Waals surface area contributed by atoms with E-state index in [4.69, 9.17) is 0 Å². The van der Waals surface area contributed by atoms with E-state index in [1.54, 1.807) is 0 Å². The molecule has 0 radical (unpaired) electrons. The number of ketones is 1. The van der Waals surface area contributed by atoms with Crippen LogP contribution in [0.3, 0.4) is 0 Å². The van der Waals surface area contributed by atoms with Crippen molar-refractivity contribution in [2.75, 3.05) is 13.1 Å². The molecule has 1 aliphatic rings. The van der Waals surface area contributed by atoms with E-state index in [1.165, 1.54) is 12.8 Å². The molecule has 17 heavy (non-hydrogen) atoms. The van der Waals surface area contributed by atoms with E-state index in [-0.39, 0.29) is 0 Å². The summed E-state index contributed by atoms with van der Waals surface area (Å²) in [6, 6.07) is 7.89. The van der Waals surface area contributed by atoms with Crippen LogP contribution in [0.5, 0.6) is 0 Å². The van der Waals surface area contributed by atoms with Gasteiger partial charge in [0.2, 0.25) is 0 Å². The molecule has 1 heterocycles. The van der Waals surface area contributed by atoms with E-state index in [9.17, 15) is 4.79 Å². The minimum atomic E-state index is 0.307. The van der Waals surface area contributed by atoms with E-state index in [1.807, 2.05) is 31.2 Å².